The standard InChI is InChI=1S/C23H30N2O5S/c1-16(26)31-18(14-17-8-3-2-4-9-17)21(30)23(24)13-7-12-22(23)11-6-5-10-19(27)25(22)15-20(28)29/h2-4,8-9,18H,5-7,10-15,24H2,1H3,(H,28,29). The summed E-state index contributed by atoms with van der Waals surface area (Å²) >= 11 is 0.968. The van der Waals surface area contributed by atoms with Gasteiger partial charge in [-0.3, -0.25) is 19.2 Å². The van der Waals surface area contributed by atoms with Gasteiger partial charge in [0.1, 0.15) is 6.54 Å². The van der Waals surface area contributed by atoms with Crippen molar-refractivity contribution >= 4 is 34.5 Å². The lowest BCUT2D eigenvalue weighted by Gasteiger charge is -2.49. The fraction of sp³-hybridized carbons (Fsp3) is 0.565. The molecule has 3 atom stereocenters. The molecule has 1 aliphatic carbocycles. The van der Waals surface area contributed by atoms with Gasteiger partial charge in [-0.25, -0.2) is 0 Å². The molecule has 3 N–H and O–H groups in total. The van der Waals surface area contributed by atoms with E-state index in [4.69, 9.17) is 5.73 Å². The first-order chi connectivity index (χ1) is 14.7. The molecule has 31 heavy (non-hydrogen) atoms. The van der Waals surface area contributed by atoms with E-state index in [2.05, 4.69) is 0 Å². The van der Waals surface area contributed by atoms with Crippen LogP contribution in [0.1, 0.15) is 57.4 Å². The van der Waals surface area contributed by atoms with Gasteiger partial charge in [-0.15, -0.1) is 0 Å². The molecule has 7 nitrogen and oxygen atoms in total. The second kappa shape index (κ2) is 9.53. The summed E-state index contributed by atoms with van der Waals surface area (Å²) in [6.45, 7) is 0.962. The minimum absolute atomic E-state index is 0.177. The molecule has 1 aromatic carbocycles. The van der Waals surface area contributed by atoms with Crippen LogP contribution in [0.25, 0.3) is 0 Å². The predicted molar refractivity (Wildman–Crippen MR) is 119 cm³/mol. The van der Waals surface area contributed by atoms with Crippen LogP contribution >= 0.6 is 11.8 Å². The number of Topliss-reactive ketones (excluding diaryl/α,β-unsaturated/α-hetero) is 1. The lowest BCUT2D eigenvalue weighted by atomic mass is 9.71. The number of carbonyl (C=O) groups is 4. The van der Waals surface area contributed by atoms with Crippen LogP contribution in [0, 0.1) is 0 Å². The number of benzene rings is 1. The first kappa shape index (κ1) is 23.5. The van der Waals surface area contributed by atoms with Crippen molar-refractivity contribution in [3.05, 3.63) is 35.9 Å². The Morgan fingerprint density at radius 2 is 1.81 bits per heavy atom. The third-order valence-electron chi connectivity index (χ3n) is 6.64. The summed E-state index contributed by atoms with van der Waals surface area (Å²) in [6.07, 6.45) is 3.97. The van der Waals surface area contributed by atoms with Crippen LogP contribution in [-0.2, 0) is 25.6 Å². The van der Waals surface area contributed by atoms with E-state index in [1.165, 1.54) is 11.8 Å². The van der Waals surface area contributed by atoms with Crippen molar-refractivity contribution in [2.24, 2.45) is 5.73 Å². The maximum Gasteiger partial charge on any atom is 0.323 e. The number of ketones is 1. The average Bonchev–Trinajstić information content (AvgIpc) is 2.97. The fourth-order valence-electron chi connectivity index (χ4n) is 5.27. The molecule has 1 amide bonds. The molecule has 8 heteroatoms. The normalized spacial score (nSPS) is 27.2. The Kier molecular flexibility index (Phi) is 7.21. The van der Waals surface area contributed by atoms with Gasteiger partial charge in [-0.05, 0) is 44.1 Å². The van der Waals surface area contributed by atoms with Gasteiger partial charge >= 0.3 is 5.97 Å². The highest BCUT2D eigenvalue weighted by molar-refractivity contribution is 8.14. The fourth-order valence-corrected chi connectivity index (χ4v) is 6.27. The number of hydrogen-bond acceptors (Lipinski definition) is 6. The van der Waals surface area contributed by atoms with Gasteiger partial charge in [0.25, 0.3) is 0 Å². The van der Waals surface area contributed by atoms with Crippen molar-refractivity contribution in [3.8, 4) is 0 Å². The average molecular weight is 447 g/mol. The SMILES string of the molecule is CC(=O)SC(Cc1ccccc1)C(=O)C1(N)CCCC12CCCCC(=O)N2CC(=O)O. The molecule has 1 aromatic rings. The molecule has 3 rings (SSSR count). The Hall–Kier alpha value is -2.19. The number of nitrogens with zero attached hydrogens (tertiary/aromatic N) is 1. The number of thioether (sulfide) groups is 1. The number of aliphatic carboxylic acids is 1. The molecule has 3 unspecified atom stereocenters. The Bertz CT molecular complexity index is 861. The zero-order valence-electron chi connectivity index (χ0n) is 17.8. The van der Waals surface area contributed by atoms with Gasteiger partial charge in [0.05, 0.1) is 16.3 Å². The van der Waals surface area contributed by atoms with Crippen LogP contribution < -0.4 is 5.73 Å². The van der Waals surface area contributed by atoms with Crippen molar-refractivity contribution < 1.29 is 24.3 Å². The van der Waals surface area contributed by atoms with Crippen molar-refractivity contribution in [1.82, 2.24) is 4.90 Å². The predicted octanol–water partition coefficient (Wildman–Crippen LogP) is 2.55. The maximum absolute atomic E-state index is 13.9. The van der Waals surface area contributed by atoms with Gasteiger partial charge in [0, 0.05) is 13.3 Å². The van der Waals surface area contributed by atoms with Gasteiger partial charge < -0.3 is 15.7 Å². The number of amides is 1. The molecular weight excluding hydrogens is 416 g/mol. The lowest BCUT2D eigenvalue weighted by Crippen LogP contribution is -2.72. The lowest BCUT2D eigenvalue weighted by molar-refractivity contribution is -0.153. The second-order valence-corrected chi connectivity index (χ2v) is 9.97. The van der Waals surface area contributed by atoms with Crippen LogP contribution in [0.4, 0.5) is 0 Å². The van der Waals surface area contributed by atoms with Crippen molar-refractivity contribution in [1.29, 1.82) is 0 Å². The summed E-state index contributed by atoms with van der Waals surface area (Å²) in [5.74, 6) is -1.64. The number of likely N-dealkylation sites (tertiary alicyclic amines) is 1. The molecular formula is C23H30N2O5S. The Morgan fingerprint density at radius 3 is 2.45 bits per heavy atom. The van der Waals surface area contributed by atoms with Gasteiger partial charge in [-0.1, -0.05) is 48.5 Å². The summed E-state index contributed by atoms with van der Waals surface area (Å²) in [5.41, 5.74) is 5.39. The van der Waals surface area contributed by atoms with E-state index in [1.54, 1.807) is 0 Å². The zero-order chi connectivity index (χ0) is 22.6. The minimum Gasteiger partial charge on any atom is -0.480 e. The van der Waals surface area contributed by atoms with Gasteiger partial charge in [0.15, 0.2) is 10.9 Å². The number of hydrogen-bond donors (Lipinski definition) is 2. The van der Waals surface area contributed by atoms with Crippen LogP contribution in [0.5, 0.6) is 0 Å². The molecule has 0 radical (unpaired) electrons. The van der Waals surface area contributed by atoms with Crippen molar-refractivity contribution in [3.63, 3.8) is 0 Å². The minimum atomic E-state index is -1.38. The third-order valence-corrected chi connectivity index (χ3v) is 7.64. The summed E-state index contributed by atoms with van der Waals surface area (Å²) in [5, 5.41) is 8.62. The molecule has 168 valence electrons. The van der Waals surface area contributed by atoms with Gasteiger partial charge in [-0.2, -0.15) is 0 Å². The zero-order valence-corrected chi connectivity index (χ0v) is 18.7. The van der Waals surface area contributed by atoms with Crippen LogP contribution in [-0.4, -0.2) is 55.7 Å². The monoisotopic (exact) mass is 446 g/mol. The van der Waals surface area contributed by atoms with Gasteiger partial charge in [0.2, 0.25) is 5.91 Å². The maximum atomic E-state index is 13.9. The Labute approximate surface area is 186 Å². The van der Waals surface area contributed by atoms with E-state index in [-0.39, 0.29) is 23.2 Å². The first-order valence-corrected chi connectivity index (χ1v) is 11.6. The van der Waals surface area contributed by atoms with Crippen LogP contribution in [0.3, 0.4) is 0 Å². The quantitative estimate of drug-likeness (QED) is 0.661. The van der Waals surface area contributed by atoms with Crippen LogP contribution in [0.2, 0.25) is 0 Å². The number of nitrogens with two attached hydrogens (primary N) is 1. The first-order valence-electron chi connectivity index (χ1n) is 10.8. The summed E-state index contributed by atoms with van der Waals surface area (Å²) in [6, 6.07) is 9.45. The van der Waals surface area contributed by atoms with E-state index >= 15 is 0 Å². The number of rotatable bonds is 7. The highest BCUT2D eigenvalue weighted by atomic mass is 32.2. The summed E-state index contributed by atoms with van der Waals surface area (Å²) < 4.78 is 0. The molecule has 1 aliphatic heterocycles. The van der Waals surface area contributed by atoms with Crippen molar-refractivity contribution in [2.75, 3.05) is 6.54 Å². The van der Waals surface area contributed by atoms with E-state index < -0.39 is 28.8 Å². The molecule has 0 aromatic heterocycles. The molecule has 2 fully saturated rings. The van der Waals surface area contributed by atoms with Crippen LogP contribution in [0.15, 0.2) is 30.3 Å². The van der Waals surface area contributed by atoms with Crippen molar-refractivity contribution in [2.45, 2.75) is 74.6 Å². The second-order valence-electron chi connectivity index (χ2n) is 8.59. The van der Waals surface area contributed by atoms with E-state index in [9.17, 15) is 24.3 Å². The number of carbonyl (C=O) groups excluding carboxylic acids is 3. The summed E-state index contributed by atoms with van der Waals surface area (Å²) in [7, 11) is 0. The molecule has 2 aliphatic rings. The molecule has 1 heterocycles. The molecule has 0 bridgehead atoms. The molecule has 1 spiro atoms. The number of carboxylic acids is 1. The highest BCUT2D eigenvalue weighted by Crippen LogP contribution is 2.49. The van der Waals surface area contributed by atoms with E-state index in [0.717, 1.165) is 17.3 Å². The van der Waals surface area contributed by atoms with E-state index in [1.807, 2.05) is 30.3 Å². The molecule has 1 saturated heterocycles. The van der Waals surface area contributed by atoms with E-state index in [0.29, 0.717) is 44.9 Å². The Morgan fingerprint density at radius 1 is 1.13 bits per heavy atom. The Balaban J connectivity index is 2.01. The third kappa shape index (κ3) is 4.70. The smallest absolute Gasteiger partial charge is 0.323 e. The number of carboxylic acid groups (broad SMARTS) is 1. The summed E-state index contributed by atoms with van der Waals surface area (Å²) in [4.78, 5) is 51.8. The topological polar surface area (TPSA) is 118 Å². The largest absolute Gasteiger partial charge is 0.480 e. The highest BCUT2D eigenvalue weighted by Gasteiger charge is 2.62. The molecule has 1 saturated carbocycles.